The van der Waals surface area contributed by atoms with Gasteiger partial charge in [0, 0.05) is 17.0 Å². The van der Waals surface area contributed by atoms with Crippen molar-refractivity contribution in [2.24, 2.45) is 5.92 Å². The number of aliphatic hydroxyl groups is 1. The van der Waals surface area contributed by atoms with E-state index >= 15 is 0 Å². The monoisotopic (exact) mass is 262 g/mol. The van der Waals surface area contributed by atoms with Gasteiger partial charge in [-0.1, -0.05) is 31.9 Å². The van der Waals surface area contributed by atoms with E-state index in [9.17, 15) is 5.11 Å². The molecule has 19 heavy (non-hydrogen) atoms. The molecule has 0 aliphatic heterocycles. The minimum atomic E-state index is -0.517. The highest BCUT2D eigenvalue weighted by atomic mass is 16.5. The van der Waals surface area contributed by atoms with E-state index in [0.717, 1.165) is 41.9 Å². The average molecular weight is 262 g/mol. The summed E-state index contributed by atoms with van der Waals surface area (Å²) in [6.07, 6.45) is 6.87. The molecule has 104 valence electrons. The lowest BCUT2D eigenvalue weighted by molar-refractivity contribution is 0.120. The van der Waals surface area contributed by atoms with Gasteiger partial charge < -0.3 is 14.6 Å². The van der Waals surface area contributed by atoms with Gasteiger partial charge in [0.25, 0.3) is 0 Å². The lowest BCUT2D eigenvalue weighted by Crippen LogP contribution is -2.16. The number of hydrogen-bond acceptors (Lipinski definition) is 3. The van der Waals surface area contributed by atoms with Gasteiger partial charge in [0.15, 0.2) is 0 Å². The van der Waals surface area contributed by atoms with Crippen molar-refractivity contribution in [2.45, 2.75) is 32.3 Å². The molecular weight excluding hydrogens is 240 g/mol. The van der Waals surface area contributed by atoms with Gasteiger partial charge in [0.05, 0.1) is 20.3 Å². The number of rotatable bonds is 5. The number of methoxy groups -OCH3 is 2. The molecule has 0 radical (unpaired) electrons. The number of aliphatic hydroxyl groups excluding tert-OH is 1. The molecule has 1 aromatic carbocycles. The third-order valence-corrected chi connectivity index (χ3v) is 3.75. The number of benzene rings is 1. The van der Waals surface area contributed by atoms with Crippen molar-refractivity contribution in [3.8, 4) is 11.5 Å². The first-order valence-corrected chi connectivity index (χ1v) is 6.84. The van der Waals surface area contributed by atoms with E-state index in [1.807, 2.05) is 18.2 Å². The Morgan fingerprint density at radius 3 is 2.47 bits per heavy atom. The normalized spacial score (nSPS) is 21.1. The van der Waals surface area contributed by atoms with Crippen molar-refractivity contribution in [3.63, 3.8) is 0 Å². The fraction of sp³-hybridized carbons (Fsp3) is 0.500. The highest BCUT2D eigenvalue weighted by Gasteiger charge is 2.28. The van der Waals surface area contributed by atoms with Crippen LogP contribution in [0.5, 0.6) is 11.5 Å². The topological polar surface area (TPSA) is 38.7 Å². The van der Waals surface area contributed by atoms with Gasteiger partial charge in [-0.05, 0) is 18.6 Å². The predicted octanol–water partition coefficient (Wildman–Crippen LogP) is 3.57. The first-order chi connectivity index (χ1) is 9.22. The second-order valence-electron chi connectivity index (χ2n) is 4.91. The molecule has 0 aromatic heterocycles. The first-order valence-electron chi connectivity index (χ1n) is 6.84. The second kappa shape index (κ2) is 6.11. The maximum Gasteiger partial charge on any atom is 0.126 e. The van der Waals surface area contributed by atoms with Crippen molar-refractivity contribution in [1.82, 2.24) is 0 Å². The summed E-state index contributed by atoms with van der Waals surface area (Å²) in [6, 6.07) is 3.73. The van der Waals surface area contributed by atoms with Crippen LogP contribution in [0.2, 0.25) is 0 Å². The Balaban J connectivity index is 2.40. The van der Waals surface area contributed by atoms with Gasteiger partial charge >= 0.3 is 0 Å². The molecular formula is C16H22O3. The Labute approximate surface area is 114 Å². The maximum absolute atomic E-state index is 10.6. The molecule has 0 saturated carbocycles. The van der Waals surface area contributed by atoms with Crippen molar-refractivity contribution in [2.75, 3.05) is 14.2 Å². The summed E-state index contributed by atoms with van der Waals surface area (Å²) in [6.45, 7) is 2.16. The van der Waals surface area contributed by atoms with Gasteiger partial charge in [-0.25, -0.2) is 0 Å². The molecule has 1 aliphatic rings. The Morgan fingerprint density at radius 1 is 1.16 bits per heavy atom. The minimum absolute atomic E-state index is 0.161. The molecule has 0 heterocycles. The van der Waals surface area contributed by atoms with Crippen LogP contribution < -0.4 is 9.47 Å². The Kier molecular flexibility index (Phi) is 4.48. The fourth-order valence-corrected chi connectivity index (χ4v) is 2.66. The highest BCUT2D eigenvalue weighted by molar-refractivity contribution is 5.68. The highest BCUT2D eigenvalue weighted by Crippen LogP contribution is 2.43. The van der Waals surface area contributed by atoms with E-state index in [1.165, 1.54) is 0 Å². The van der Waals surface area contributed by atoms with Crippen LogP contribution in [0.4, 0.5) is 0 Å². The van der Waals surface area contributed by atoms with Crippen molar-refractivity contribution in [1.29, 1.82) is 0 Å². The molecule has 0 spiro atoms. The van der Waals surface area contributed by atoms with Crippen molar-refractivity contribution >= 4 is 6.08 Å². The van der Waals surface area contributed by atoms with E-state index in [4.69, 9.17) is 9.47 Å². The molecule has 2 rings (SSSR count). The zero-order valence-corrected chi connectivity index (χ0v) is 11.8. The Bertz CT molecular complexity index is 465. The Hall–Kier alpha value is -1.48. The van der Waals surface area contributed by atoms with Crippen LogP contribution in [0.25, 0.3) is 6.08 Å². The van der Waals surface area contributed by atoms with Gasteiger partial charge in [-0.3, -0.25) is 0 Å². The summed E-state index contributed by atoms with van der Waals surface area (Å²) in [4.78, 5) is 0. The Morgan fingerprint density at radius 2 is 1.84 bits per heavy atom. The average Bonchev–Trinajstić information content (AvgIpc) is 2.45. The summed E-state index contributed by atoms with van der Waals surface area (Å²) in [5.74, 6) is 1.67. The summed E-state index contributed by atoms with van der Waals surface area (Å²) in [7, 11) is 3.28. The van der Waals surface area contributed by atoms with E-state index < -0.39 is 6.10 Å². The molecule has 1 aliphatic carbocycles. The van der Waals surface area contributed by atoms with Crippen LogP contribution in [-0.4, -0.2) is 19.3 Å². The first kappa shape index (κ1) is 13.9. The maximum atomic E-state index is 10.6. The minimum Gasteiger partial charge on any atom is -0.496 e. The summed E-state index contributed by atoms with van der Waals surface area (Å²) < 4.78 is 10.7. The van der Waals surface area contributed by atoms with Crippen LogP contribution in [0.15, 0.2) is 18.2 Å². The van der Waals surface area contributed by atoms with Crippen LogP contribution in [0, 0.1) is 5.92 Å². The zero-order valence-electron chi connectivity index (χ0n) is 11.8. The van der Waals surface area contributed by atoms with Crippen LogP contribution in [0.3, 0.4) is 0 Å². The molecule has 1 aromatic rings. The van der Waals surface area contributed by atoms with Crippen LogP contribution in [0.1, 0.15) is 43.4 Å². The molecule has 0 unspecified atom stereocenters. The molecule has 0 fully saturated rings. The molecule has 1 N–H and O–H groups in total. The van der Waals surface area contributed by atoms with Gasteiger partial charge in [-0.2, -0.15) is 0 Å². The quantitative estimate of drug-likeness (QED) is 0.881. The number of fused-ring (bicyclic) bond motifs is 1. The molecule has 0 bridgehead atoms. The fourth-order valence-electron chi connectivity index (χ4n) is 2.66. The predicted molar refractivity (Wildman–Crippen MR) is 76.6 cm³/mol. The largest absolute Gasteiger partial charge is 0.496 e. The number of ether oxygens (including phenoxy) is 2. The molecule has 0 amide bonds. The van der Waals surface area contributed by atoms with Crippen LogP contribution >= 0.6 is 0 Å². The van der Waals surface area contributed by atoms with Crippen LogP contribution in [-0.2, 0) is 0 Å². The third-order valence-electron chi connectivity index (χ3n) is 3.75. The van der Waals surface area contributed by atoms with E-state index in [2.05, 4.69) is 13.0 Å². The second-order valence-corrected chi connectivity index (χ2v) is 4.91. The van der Waals surface area contributed by atoms with Crippen molar-refractivity contribution < 1.29 is 14.6 Å². The van der Waals surface area contributed by atoms with Crippen molar-refractivity contribution in [3.05, 3.63) is 29.3 Å². The zero-order chi connectivity index (χ0) is 13.8. The molecule has 3 nitrogen and oxygen atoms in total. The van der Waals surface area contributed by atoms with E-state index in [0.29, 0.717) is 0 Å². The summed E-state index contributed by atoms with van der Waals surface area (Å²) in [5, 5.41) is 10.6. The number of hydrogen-bond donors (Lipinski definition) is 1. The number of unbranched alkanes of at least 4 members (excludes halogenated alkanes) is 1. The third kappa shape index (κ3) is 2.61. The smallest absolute Gasteiger partial charge is 0.126 e. The standard InChI is InChI=1S/C16H22O3/c1-4-5-6-11-7-8-12-13(18-2)9-10-14(19-3)15(12)16(11)17/h7-11,16-17H,4-6H2,1-3H3/t11-,16+/m1/s1. The summed E-state index contributed by atoms with van der Waals surface area (Å²) >= 11 is 0. The SMILES string of the molecule is CCCC[C@@H]1C=Cc2c(OC)ccc(OC)c2[C@H]1O. The lowest BCUT2D eigenvalue weighted by atomic mass is 9.83. The lowest BCUT2D eigenvalue weighted by Gasteiger charge is -2.28. The molecule has 2 atom stereocenters. The van der Waals surface area contributed by atoms with Gasteiger partial charge in [0.2, 0.25) is 0 Å². The van der Waals surface area contributed by atoms with Gasteiger partial charge in [-0.15, -0.1) is 0 Å². The molecule has 3 heteroatoms. The van der Waals surface area contributed by atoms with E-state index in [1.54, 1.807) is 14.2 Å². The summed E-state index contributed by atoms with van der Waals surface area (Å²) in [5.41, 5.74) is 1.78. The van der Waals surface area contributed by atoms with E-state index in [-0.39, 0.29) is 5.92 Å². The molecule has 0 saturated heterocycles. The van der Waals surface area contributed by atoms with Gasteiger partial charge in [0.1, 0.15) is 11.5 Å².